The number of phenolic OH excluding ortho intramolecular Hbond substituents is 1. The molecule has 0 saturated carbocycles. The SMILES string of the molecule is Cn1cnnc1Sc1ccccc1NS(=O)(=O)c1cccc(Cl)c1O. The number of benzene rings is 2. The van der Waals surface area contributed by atoms with Crippen molar-refractivity contribution in [1.82, 2.24) is 14.8 Å². The van der Waals surface area contributed by atoms with E-state index in [4.69, 9.17) is 11.6 Å². The highest BCUT2D eigenvalue weighted by atomic mass is 35.5. The van der Waals surface area contributed by atoms with Gasteiger partial charge in [-0.05, 0) is 36.0 Å². The molecule has 0 saturated heterocycles. The topological polar surface area (TPSA) is 97.1 Å². The quantitative estimate of drug-likeness (QED) is 0.687. The minimum absolute atomic E-state index is 0.0374. The first-order chi connectivity index (χ1) is 11.9. The molecule has 0 unspecified atom stereocenters. The van der Waals surface area contributed by atoms with E-state index in [1.165, 1.54) is 30.0 Å². The fraction of sp³-hybridized carbons (Fsp3) is 0.0667. The molecule has 0 radical (unpaired) electrons. The number of nitrogens with zero attached hydrogens (tertiary/aromatic N) is 3. The van der Waals surface area contributed by atoms with Crippen LogP contribution < -0.4 is 4.72 Å². The van der Waals surface area contributed by atoms with Crippen LogP contribution in [0, 0.1) is 0 Å². The molecule has 0 spiro atoms. The average Bonchev–Trinajstić information content (AvgIpc) is 2.96. The molecule has 2 aromatic carbocycles. The summed E-state index contributed by atoms with van der Waals surface area (Å²) in [6.45, 7) is 0. The molecule has 10 heteroatoms. The number of hydrogen-bond donors (Lipinski definition) is 2. The van der Waals surface area contributed by atoms with Crippen LogP contribution in [0.25, 0.3) is 0 Å². The number of para-hydroxylation sites is 2. The predicted octanol–water partition coefficient (Wildman–Crippen LogP) is 3.13. The van der Waals surface area contributed by atoms with Gasteiger partial charge < -0.3 is 9.67 Å². The van der Waals surface area contributed by atoms with Gasteiger partial charge in [-0.3, -0.25) is 4.72 Å². The third-order valence-electron chi connectivity index (χ3n) is 3.24. The van der Waals surface area contributed by atoms with Crippen LogP contribution in [0.5, 0.6) is 5.75 Å². The van der Waals surface area contributed by atoms with E-state index in [9.17, 15) is 13.5 Å². The van der Waals surface area contributed by atoms with E-state index in [2.05, 4.69) is 14.9 Å². The van der Waals surface area contributed by atoms with Gasteiger partial charge in [-0.15, -0.1) is 10.2 Å². The first kappa shape index (κ1) is 17.6. The normalized spacial score (nSPS) is 11.4. The fourth-order valence-corrected chi connectivity index (χ4v) is 4.36. The van der Waals surface area contributed by atoms with Crippen LogP contribution in [0.3, 0.4) is 0 Å². The number of anilines is 1. The van der Waals surface area contributed by atoms with Gasteiger partial charge in [0.05, 0.1) is 10.7 Å². The first-order valence-electron chi connectivity index (χ1n) is 6.99. The summed E-state index contributed by atoms with van der Waals surface area (Å²) in [6.07, 6.45) is 1.55. The monoisotopic (exact) mass is 396 g/mol. The van der Waals surface area contributed by atoms with Crippen molar-refractivity contribution in [2.75, 3.05) is 4.72 Å². The number of rotatable bonds is 5. The summed E-state index contributed by atoms with van der Waals surface area (Å²) in [5, 5.41) is 18.3. The van der Waals surface area contributed by atoms with Crippen LogP contribution in [0.4, 0.5) is 5.69 Å². The summed E-state index contributed by atoms with van der Waals surface area (Å²) >= 11 is 7.07. The Kier molecular flexibility index (Phi) is 4.89. The molecular weight excluding hydrogens is 384 g/mol. The smallest absolute Gasteiger partial charge is 0.265 e. The zero-order chi connectivity index (χ0) is 18.0. The third kappa shape index (κ3) is 3.73. The number of halogens is 1. The van der Waals surface area contributed by atoms with Gasteiger partial charge >= 0.3 is 0 Å². The van der Waals surface area contributed by atoms with E-state index in [1.54, 1.807) is 42.2 Å². The zero-order valence-electron chi connectivity index (χ0n) is 12.9. The van der Waals surface area contributed by atoms with Crippen LogP contribution in [-0.2, 0) is 17.1 Å². The Hall–Kier alpha value is -2.23. The Morgan fingerprint density at radius 3 is 2.68 bits per heavy atom. The van der Waals surface area contributed by atoms with Crippen molar-refractivity contribution in [3.8, 4) is 5.75 Å². The minimum atomic E-state index is -4.02. The molecule has 0 amide bonds. The summed E-state index contributed by atoms with van der Waals surface area (Å²) in [5.41, 5.74) is 0.356. The molecular formula is C15H13ClN4O3S2. The maximum atomic E-state index is 12.6. The Balaban J connectivity index is 1.95. The lowest BCUT2D eigenvalue weighted by molar-refractivity contribution is 0.459. The van der Waals surface area contributed by atoms with Gasteiger partial charge in [0.1, 0.15) is 11.2 Å². The molecule has 0 aliphatic carbocycles. The van der Waals surface area contributed by atoms with Crippen molar-refractivity contribution in [3.63, 3.8) is 0 Å². The number of aromatic nitrogens is 3. The standard InChI is InChI=1S/C15H13ClN4O3S2/c1-20-9-17-18-15(20)24-12-7-3-2-6-11(12)19-25(22,23)13-8-4-5-10(16)14(13)21/h2-9,19,21H,1H3. The molecule has 0 bridgehead atoms. The molecule has 1 heterocycles. The summed E-state index contributed by atoms with van der Waals surface area (Å²) in [5.74, 6) is -0.491. The Labute approximate surface area is 153 Å². The van der Waals surface area contributed by atoms with E-state index in [0.717, 1.165) is 0 Å². The lowest BCUT2D eigenvalue weighted by Crippen LogP contribution is -2.13. The van der Waals surface area contributed by atoms with Crippen molar-refractivity contribution in [2.24, 2.45) is 7.05 Å². The second-order valence-electron chi connectivity index (χ2n) is 5.01. The van der Waals surface area contributed by atoms with Crippen LogP contribution in [-0.4, -0.2) is 28.3 Å². The van der Waals surface area contributed by atoms with E-state index in [1.807, 2.05) is 0 Å². The summed E-state index contributed by atoms with van der Waals surface area (Å²) in [7, 11) is -2.23. The molecule has 0 atom stereocenters. The van der Waals surface area contributed by atoms with Gasteiger partial charge in [0.25, 0.3) is 10.0 Å². The highest BCUT2D eigenvalue weighted by Gasteiger charge is 2.22. The second-order valence-corrected chi connectivity index (χ2v) is 8.08. The van der Waals surface area contributed by atoms with Gasteiger partial charge in [0.2, 0.25) is 0 Å². The van der Waals surface area contributed by atoms with Gasteiger partial charge in [0.15, 0.2) is 10.9 Å². The molecule has 1 aromatic heterocycles. The van der Waals surface area contributed by atoms with Gasteiger partial charge in [-0.1, -0.05) is 29.8 Å². The number of aromatic hydroxyl groups is 1. The molecule has 3 rings (SSSR count). The fourth-order valence-electron chi connectivity index (χ4n) is 2.02. The van der Waals surface area contributed by atoms with E-state index in [0.29, 0.717) is 15.7 Å². The number of nitrogens with one attached hydrogen (secondary N) is 1. The summed E-state index contributed by atoms with van der Waals surface area (Å²) in [6, 6.07) is 11.0. The Morgan fingerprint density at radius 2 is 1.96 bits per heavy atom. The number of hydrogen-bond acceptors (Lipinski definition) is 6. The highest BCUT2D eigenvalue weighted by Crippen LogP contribution is 2.35. The maximum Gasteiger partial charge on any atom is 0.265 e. The summed E-state index contributed by atoms with van der Waals surface area (Å²) < 4.78 is 29.4. The van der Waals surface area contributed by atoms with Crippen molar-refractivity contribution in [2.45, 2.75) is 14.9 Å². The van der Waals surface area contributed by atoms with Crippen LogP contribution >= 0.6 is 23.4 Å². The molecule has 0 aliphatic rings. The number of aryl methyl sites for hydroxylation is 1. The molecule has 3 aromatic rings. The zero-order valence-corrected chi connectivity index (χ0v) is 15.3. The van der Waals surface area contributed by atoms with E-state index >= 15 is 0 Å². The van der Waals surface area contributed by atoms with Gasteiger partial charge in [-0.25, -0.2) is 8.42 Å². The minimum Gasteiger partial charge on any atom is -0.505 e. The number of phenols is 1. The van der Waals surface area contributed by atoms with E-state index < -0.39 is 15.8 Å². The van der Waals surface area contributed by atoms with Crippen molar-refractivity contribution < 1.29 is 13.5 Å². The maximum absolute atomic E-state index is 12.6. The lowest BCUT2D eigenvalue weighted by Gasteiger charge is -2.13. The average molecular weight is 397 g/mol. The third-order valence-corrected chi connectivity index (χ3v) is 6.07. The molecule has 0 fully saturated rings. The lowest BCUT2D eigenvalue weighted by atomic mass is 10.3. The number of sulfonamides is 1. The van der Waals surface area contributed by atoms with Crippen molar-refractivity contribution >= 4 is 39.1 Å². The van der Waals surface area contributed by atoms with Crippen LogP contribution in [0.15, 0.2) is 63.7 Å². The van der Waals surface area contributed by atoms with Crippen LogP contribution in [0.1, 0.15) is 0 Å². The van der Waals surface area contributed by atoms with E-state index in [-0.39, 0.29) is 9.92 Å². The second kappa shape index (κ2) is 6.95. The molecule has 25 heavy (non-hydrogen) atoms. The first-order valence-corrected chi connectivity index (χ1v) is 9.67. The van der Waals surface area contributed by atoms with Crippen LogP contribution in [0.2, 0.25) is 5.02 Å². The largest absolute Gasteiger partial charge is 0.505 e. The van der Waals surface area contributed by atoms with Gasteiger partial charge in [-0.2, -0.15) is 0 Å². The van der Waals surface area contributed by atoms with Gasteiger partial charge in [0, 0.05) is 11.9 Å². The molecule has 130 valence electrons. The predicted molar refractivity (Wildman–Crippen MR) is 95.5 cm³/mol. The molecule has 2 N–H and O–H groups in total. The van der Waals surface area contributed by atoms with Crippen molar-refractivity contribution in [1.29, 1.82) is 0 Å². The Bertz CT molecular complexity index is 1020. The molecule has 0 aliphatic heterocycles. The molecule has 7 nitrogen and oxygen atoms in total. The summed E-state index contributed by atoms with van der Waals surface area (Å²) in [4.78, 5) is 0.349. The van der Waals surface area contributed by atoms with Crippen molar-refractivity contribution in [3.05, 3.63) is 53.8 Å². The Morgan fingerprint density at radius 1 is 1.20 bits per heavy atom. The highest BCUT2D eigenvalue weighted by molar-refractivity contribution is 7.99.